The lowest BCUT2D eigenvalue weighted by Gasteiger charge is -2.26. The van der Waals surface area contributed by atoms with Crippen molar-refractivity contribution in [3.05, 3.63) is 95.6 Å². The van der Waals surface area contributed by atoms with Crippen molar-refractivity contribution < 1.29 is 19.2 Å². The Morgan fingerprint density at radius 3 is 2.07 bits per heavy atom. The van der Waals surface area contributed by atoms with E-state index in [2.05, 4.69) is 26.6 Å². The molecule has 3 aromatic rings. The summed E-state index contributed by atoms with van der Waals surface area (Å²) >= 11 is 0. The topological polar surface area (TPSA) is 128 Å². The van der Waals surface area contributed by atoms with Crippen molar-refractivity contribution in [2.45, 2.75) is 58.3 Å². The minimum absolute atomic E-state index is 0.0752. The van der Waals surface area contributed by atoms with Gasteiger partial charge in [-0.25, -0.2) is 0 Å². The van der Waals surface area contributed by atoms with Gasteiger partial charge < -0.3 is 26.6 Å². The van der Waals surface area contributed by atoms with Crippen LogP contribution >= 0.6 is 0 Å². The fourth-order valence-electron chi connectivity index (χ4n) is 4.67. The summed E-state index contributed by atoms with van der Waals surface area (Å²) in [4.78, 5) is 52.7. The molecule has 0 radical (unpaired) electrons. The Morgan fingerprint density at radius 2 is 1.39 bits per heavy atom. The third kappa shape index (κ3) is 8.41. The average molecular weight is 556 g/mol. The third-order valence-corrected chi connectivity index (χ3v) is 6.91. The maximum Gasteiger partial charge on any atom is 0.243 e. The number of hydrogen-bond acceptors (Lipinski definition) is 5. The number of nitrogens with one attached hydrogen (secondary N) is 5. The van der Waals surface area contributed by atoms with Crippen LogP contribution in [0.2, 0.25) is 0 Å². The monoisotopic (exact) mass is 555 g/mol. The number of anilines is 2. The lowest BCUT2D eigenvalue weighted by atomic mass is 10.0. The van der Waals surface area contributed by atoms with E-state index >= 15 is 0 Å². The normalized spacial score (nSPS) is 20.6. The summed E-state index contributed by atoms with van der Waals surface area (Å²) in [7, 11) is 0. The average Bonchev–Trinajstić information content (AvgIpc) is 2.94. The second kappa shape index (κ2) is 13.6. The minimum atomic E-state index is -0.908. The van der Waals surface area contributed by atoms with Crippen LogP contribution in [0, 0.1) is 5.92 Å². The predicted molar refractivity (Wildman–Crippen MR) is 158 cm³/mol. The van der Waals surface area contributed by atoms with Gasteiger partial charge in [0.15, 0.2) is 0 Å². The largest absolute Gasteiger partial charge is 0.356 e. The molecule has 0 saturated carbocycles. The summed E-state index contributed by atoms with van der Waals surface area (Å²) in [5.41, 5.74) is 4.15. The molecule has 3 atom stereocenters. The van der Waals surface area contributed by atoms with Crippen LogP contribution in [-0.4, -0.2) is 41.8 Å². The lowest BCUT2D eigenvalue weighted by Crippen LogP contribution is -2.58. The van der Waals surface area contributed by atoms with Crippen LogP contribution in [0.25, 0.3) is 0 Å². The number of carbonyl (C=O) groups excluding carboxylic acids is 4. The van der Waals surface area contributed by atoms with Crippen LogP contribution in [-0.2, 0) is 38.6 Å². The van der Waals surface area contributed by atoms with E-state index in [-0.39, 0.29) is 37.1 Å². The molecule has 4 amide bonds. The lowest BCUT2D eigenvalue weighted by molar-refractivity contribution is -0.134. The number of rotatable bonds is 3. The Bertz CT molecular complexity index is 1390. The fourth-order valence-corrected chi connectivity index (χ4v) is 4.67. The molecule has 4 bridgehead atoms. The summed E-state index contributed by atoms with van der Waals surface area (Å²) in [6, 6.07) is 21.9. The summed E-state index contributed by atoms with van der Waals surface area (Å²) in [6.45, 7) is 5.50. The molecule has 9 nitrogen and oxygen atoms in total. The highest BCUT2D eigenvalue weighted by molar-refractivity contribution is 5.94. The number of carbonyl (C=O) groups is 4. The SMILES string of the molecule is CC(C)[C@H]1NC(=O)[C@@H](Cc2ccccc2)NC(=O)Cc2cccc(c2)Nc2cccc(c2)CNC(=O)[C@H](C)NC1=O. The van der Waals surface area contributed by atoms with Crippen LogP contribution in [0.4, 0.5) is 11.4 Å². The smallest absolute Gasteiger partial charge is 0.243 e. The van der Waals surface area contributed by atoms with Crippen molar-refractivity contribution >= 4 is 35.0 Å². The first kappa shape index (κ1) is 29.3. The molecule has 1 heterocycles. The standard InChI is InChI=1S/C32H37N5O4/c1-20(2)29-32(41)34-21(3)30(39)33-19-24-12-8-14-26(16-24)35-25-13-7-11-23(15-25)18-28(38)36-27(31(40)37-29)17-22-9-5-4-6-10-22/h4-16,20-21,27,29,35H,17-19H2,1-3H3,(H,33,39)(H,34,41)(H,36,38)(H,37,40)/t21-,27+,29+/m0/s1. The maximum absolute atomic E-state index is 13.5. The molecule has 0 fully saturated rings. The zero-order valence-electron chi connectivity index (χ0n) is 23.6. The third-order valence-electron chi connectivity index (χ3n) is 6.91. The summed E-state index contributed by atoms with van der Waals surface area (Å²) in [5.74, 6) is -1.87. The van der Waals surface area contributed by atoms with Gasteiger partial charge in [0, 0.05) is 24.3 Å². The molecule has 0 aliphatic carbocycles. The van der Waals surface area contributed by atoms with E-state index in [1.165, 1.54) is 0 Å². The van der Waals surface area contributed by atoms with Crippen molar-refractivity contribution in [3.8, 4) is 0 Å². The Morgan fingerprint density at radius 1 is 0.732 bits per heavy atom. The second-order valence-corrected chi connectivity index (χ2v) is 10.7. The first-order valence-electron chi connectivity index (χ1n) is 13.8. The zero-order valence-corrected chi connectivity index (χ0v) is 23.6. The van der Waals surface area contributed by atoms with E-state index in [4.69, 9.17) is 0 Å². The summed E-state index contributed by atoms with van der Waals surface area (Å²) in [5, 5.41) is 14.6. The molecule has 0 aromatic heterocycles. The molecule has 0 saturated heterocycles. The predicted octanol–water partition coefficient (Wildman–Crippen LogP) is 2.98. The molecule has 1 aliphatic rings. The van der Waals surface area contributed by atoms with Gasteiger partial charge in [0.1, 0.15) is 18.1 Å². The maximum atomic E-state index is 13.5. The molecule has 9 heteroatoms. The number of benzene rings is 3. The van der Waals surface area contributed by atoms with Gasteiger partial charge in [-0.1, -0.05) is 68.4 Å². The van der Waals surface area contributed by atoms with E-state index < -0.39 is 29.9 Å². The molecule has 214 valence electrons. The van der Waals surface area contributed by atoms with Gasteiger partial charge in [0.2, 0.25) is 23.6 Å². The number of amides is 4. The Balaban J connectivity index is 1.64. The molecule has 1 aliphatic heterocycles. The minimum Gasteiger partial charge on any atom is -0.356 e. The fraction of sp³-hybridized carbons (Fsp3) is 0.312. The van der Waals surface area contributed by atoms with Gasteiger partial charge in [-0.05, 0) is 53.8 Å². The molecule has 0 unspecified atom stereocenters. The van der Waals surface area contributed by atoms with Crippen molar-refractivity contribution in [1.29, 1.82) is 0 Å². The van der Waals surface area contributed by atoms with Crippen molar-refractivity contribution in [2.24, 2.45) is 5.92 Å². The van der Waals surface area contributed by atoms with Gasteiger partial charge >= 0.3 is 0 Å². The quantitative estimate of drug-likeness (QED) is 0.340. The molecule has 3 aromatic carbocycles. The Kier molecular flexibility index (Phi) is 9.73. The molecule has 5 N–H and O–H groups in total. The van der Waals surface area contributed by atoms with E-state index in [0.717, 1.165) is 28.1 Å². The summed E-state index contributed by atoms with van der Waals surface area (Å²) < 4.78 is 0. The molecular formula is C32H37N5O4. The van der Waals surface area contributed by atoms with Crippen LogP contribution in [0.3, 0.4) is 0 Å². The van der Waals surface area contributed by atoms with Crippen molar-refractivity contribution in [1.82, 2.24) is 21.3 Å². The first-order valence-corrected chi connectivity index (χ1v) is 13.8. The zero-order chi connectivity index (χ0) is 29.4. The van der Waals surface area contributed by atoms with E-state index in [1.807, 2.05) is 92.7 Å². The van der Waals surface area contributed by atoms with Crippen molar-refractivity contribution in [3.63, 3.8) is 0 Å². The van der Waals surface area contributed by atoms with Crippen LogP contribution in [0.1, 0.15) is 37.5 Å². The highest BCUT2D eigenvalue weighted by Gasteiger charge is 2.30. The van der Waals surface area contributed by atoms with Gasteiger partial charge in [-0.2, -0.15) is 0 Å². The molecule has 0 spiro atoms. The van der Waals surface area contributed by atoms with Crippen LogP contribution < -0.4 is 26.6 Å². The molecule has 4 rings (SSSR count). The van der Waals surface area contributed by atoms with E-state index in [9.17, 15) is 19.2 Å². The highest BCUT2D eigenvalue weighted by atomic mass is 16.2. The van der Waals surface area contributed by atoms with E-state index in [0.29, 0.717) is 0 Å². The molecular weight excluding hydrogens is 518 g/mol. The van der Waals surface area contributed by atoms with Gasteiger partial charge in [0.05, 0.1) is 6.42 Å². The van der Waals surface area contributed by atoms with E-state index in [1.54, 1.807) is 6.92 Å². The number of hydrogen-bond donors (Lipinski definition) is 5. The van der Waals surface area contributed by atoms with Crippen LogP contribution in [0.5, 0.6) is 0 Å². The van der Waals surface area contributed by atoms with Crippen LogP contribution in [0.15, 0.2) is 78.9 Å². The van der Waals surface area contributed by atoms with Gasteiger partial charge in [-0.15, -0.1) is 0 Å². The second-order valence-electron chi connectivity index (χ2n) is 10.7. The van der Waals surface area contributed by atoms with Crippen molar-refractivity contribution in [2.75, 3.05) is 5.32 Å². The first-order chi connectivity index (χ1) is 19.7. The summed E-state index contributed by atoms with van der Waals surface area (Å²) in [6.07, 6.45) is 0.327. The highest BCUT2D eigenvalue weighted by Crippen LogP contribution is 2.20. The van der Waals surface area contributed by atoms with Gasteiger partial charge in [-0.3, -0.25) is 19.2 Å². The number of fused-ring (bicyclic) bond motifs is 4. The molecule has 41 heavy (non-hydrogen) atoms. The van der Waals surface area contributed by atoms with Gasteiger partial charge in [0.25, 0.3) is 0 Å². The Labute approximate surface area is 240 Å². The Hall–Kier alpha value is -4.66.